The number of aryl methyl sites for hydroxylation is 2. The molecule has 1 heterocycles. The summed E-state index contributed by atoms with van der Waals surface area (Å²) in [6, 6.07) is 15.6. The lowest BCUT2D eigenvalue weighted by Crippen LogP contribution is -2.33. The van der Waals surface area contributed by atoms with Gasteiger partial charge in [0, 0.05) is 17.3 Å². The van der Waals surface area contributed by atoms with E-state index >= 15 is 0 Å². The summed E-state index contributed by atoms with van der Waals surface area (Å²) in [5.74, 6) is 0.473. The molecular weight excluding hydrogens is 366 g/mol. The van der Waals surface area contributed by atoms with Crippen molar-refractivity contribution in [2.45, 2.75) is 33.7 Å². The molecule has 0 saturated heterocycles. The van der Waals surface area contributed by atoms with Gasteiger partial charge in [-0.3, -0.25) is 9.59 Å². The predicted molar refractivity (Wildman–Crippen MR) is 114 cm³/mol. The van der Waals surface area contributed by atoms with Crippen LogP contribution in [-0.4, -0.2) is 22.3 Å². The highest BCUT2D eigenvalue weighted by molar-refractivity contribution is 5.94. The summed E-state index contributed by atoms with van der Waals surface area (Å²) in [6.45, 7) is 8.11. The molecular formula is C23H25N3O3. The van der Waals surface area contributed by atoms with Crippen molar-refractivity contribution in [2.75, 3.05) is 11.9 Å². The molecule has 0 aliphatic carbocycles. The van der Waals surface area contributed by atoms with Crippen LogP contribution in [0.4, 0.5) is 5.69 Å². The number of nitrogens with zero attached hydrogens (tertiary/aromatic N) is 2. The van der Waals surface area contributed by atoms with Crippen LogP contribution in [0.1, 0.15) is 31.0 Å². The molecule has 29 heavy (non-hydrogen) atoms. The van der Waals surface area contributed by atoms with Gasteiger partial charge in [-0.15, -0.1) is 0 Å². The number of rotatable bonds is 6. The Bertz CT molecular complexity index is 1070. The van der Waals surface area contributed by atoms with Gasteiger partial charge in [0.25, 0.3) is 5.56 Å². The summed E-state index contributed by atoms with van der Waals surface area (Å²) in [4.78, 5) is 25.1. The SMILES string of the molecule is CCOc1ccc(-c2ccc(=O)n(C(C)C(=O)Nc3ccc(C)cc3C)n2)cc1. The molecule has 1 unspecified atom stereocenters. The number of hydrogen-bond donors (Lipinski definition) is 1. The van der Waals surface area contributed by atoms with Gasteiger partial charge < -0.3 is 10.1 Å². The Kier molecular flexibility index (Phi) is 6.12. The fourth-order valence-corrected chi connectivity index (χ4v) is 3.05. The molecule has 0 fully saturated rings. The van der Waals surface area contributed by atoms with E-state index in [0.29, 0.717) is 12.3 Å². The lowest BCUT2D eigenvalue weighted by Gasteiger charge is -2.16. The number of carbonyl (C=O) groups excluding carboxylic acids is 1. The molecule has 150 valence electrons. The van der Waals surface area contributed by atoms with Gasteiger partial charge in [0.2, 0.25) is 5.91 Å². The molecule has 0 saturated carbocycles. The summed E-state index contributed by atoms with van der Waals surface area (Å²) in [5.41, 5.74) is 3.93. The molecule has 0 radical (unpaired) electrons. The molecule has 0 bridgehead atoms. The lowest BCUT2D eigenvalue weighted by molar-refractivity contribution is -0.119. The van der Waals surface area contributed by atoms with E-state index in [0.717, 1.165) is 28.1 Å². The molecule has 3 aromatic rings. The van der Waals surface area contributed by atoms with Gasteiger partial charge >= 0.3 is 0 Å². The molecule has 1 aromatic heterocycles. The average molecular weight is 391 g/mol. The number of amides is 1. The first-order chi connectivity index (χ1) is 13.9. The maximum atomic E-state index is 12.7. The van der Waals surface area contributed by atoms with Gasteiger partial charge in [0.05, 0.1) is 12.3 Å². The third-order valence-electron chi connectivity index (χ3n) is 4.67. The maximum Gasteiger partial charge on any atom is 0.267 e. The van der Waals surface area contributed by atoms with Crippen molar-refractivity contribution in [2.24, 2.45) is 0 Å². The highest BCUT2D eigenvalue weighted by Crippen LogP contribution is 2.21. The first-order valence-corrected chi connectivity index (χ1v) is 9.60. The highest BCUT2D eigenvalue weighted by Gasteiger charge is 2.19. The van der Waals surface area contributed by atoms with Crippen molar-refractivity contribution in [3.63, 3.8) is 0 Å². The number of carbonyl (C=O) groups is 1. The van der Waals surface area contributed by atoms with E-state index in [1.165, 1.54) is 10.7 Å². The second-order valence-electron chi connectivity index (χ2n) is 6.94. The summed E-state index contributed by atoms with van der Waals surface area (Å²) in [7, 11) is 0. The zero-order valence-electron chi connectivity index (χ0n) is 17.1. The third kappa shape index (κ3) is 4.71. The summed E-state index contributed by atoms with van der Waals surface area (Å²) in [6.07, 6.45) is 0. The van der Waals surface area contributed by atoms with Crippen molar-refractivity contribution >= 4 is 11.6 Å². The van der Waals surface area contributed by atoms with E-state index in [2.05, 4.69) is 10.4 Å². The van der Waals surface area contributed by atoms with Crippen molar-refractivity contribution in [1.29, 1.82) is 0 Å². The Balaban J connectivity index is 1.84. The average Bonchev–Trinajstić information content (AvgIpc) is 2.71. The molecule has 0 aliphatic heterocycles. The summed E-state index contributed by atoms with van der Waals surface area (Å²) < 4.78 is 6.67. The fraction of sp³-hybridized carbons (Fsp3) is 0.261. The van der Waals surface area contributed by atoms with E-state index in [1.807, 2.05) is 63.2 Å². The number of ether oxygens (including phenoxy) is 1. The van der Waals surface area contributed by atoms with E-state index in [1.54, 1.807) is 13.0 Å². The highest BCUT2D eigenvalue weighted by atomic mass is 16.5. The van der Waals surface area contributed by atoms with Crippen LogP contribution in [0.3, 0.4) is 0 Å². The monoisotopic (exact) mass is 391 g/mol. The Labute approximate surface area is 170 Å². The molecule has 1 N–H and O–H groups in total. The Morgan fingerprint density at radius 3 is 2.48 bits per heavy atom. The Morgan fingerprint density at radius 2 is 1.83 bits per heavy atom. The van der Waals surface area contributed by atoms with Gasteiger partial charge in [-0.05, 0) is 69.7 Å². The van der Waals surface area contributed by atoms with Gasteiger partial charge in [-0.1, -0.05) is 17.7 Å². The lowest BCUT2D eigenvalue weighted by atomic mass is 10.1. The summed E-state index contributed by atoms with van der Waals surface area (Å²) >= 11 is 0. The van der Waals surface area contributed by atoms with Crippen LogP contribution >= 0.6 is 0 Å². The topological polar surface area (TPSA) is 73.2 Å². The second-order valence-corrected chi connectivity index (χ2v) is 6.94. The predicted octanol–water partition coefficient (Wildman–Crippen LogP) is 4.13. The zero-order chi connectivity index (χ0) is 21.0. The van der Waals surface area contributed by atoms with E-state index in [9.17, 15) is 9.59 Å². The van der Waals surface area contributed by atoms with Crippen LogP contribution in [-0.2, 0) is 4.79 Å². The van der Waals surface area contributed by atoms with Crippen LogP contribution in [0.25, 0.3) is 11.3 Å². The van der Waals surface area contributed by atoms with Crippen LogP contribution in [0.15, 0.2) is 59.4 Å². The Hall–Kier alpha value is -3.41. The van der Waals surface area contributed by atoms with E-state index < -0.39 is 6.04 Å². The second kappa shape index (κ2) is 8.73. The van der Waals surface area contributed by atoms with Crippen molar-refractivity contribution in [3.05, 3.63) is 76.1 Å². The van der Waals surface area contributed by atoms with Gasteiger partial charge in [-0.25, -0.2) is 4.68 Å². The Morgan fingerprint density at radius 1 is 1.10 bits per heavy atom. The molecule has 1 amide bonds. The van der Waals surface area contributed by atoms with Crippen molar-refractivity contribution in [1.82, 2.24) is 9.78 Å². The molecule has 1 atom stereocenters. The quantitative estimate of drug-likeness (QED) is 0.686. The van der Waals surface area contributed by atoms with Crippen molar-refractivity contribution < 1.29 is 9.53 Å². The van der Waals surface area contributed by atoms with Gasteiger partial charge in [-0.2, -0.15) is 5.10 Å². The third-order valence-corrected chi connectivity index (χ3v) is 4.67. The molecule has 6 heteroatoms. The maximum absolute atomic E-state index is 12.7. The van der Waals surface area contributed by atoms with Crippen LogP contribution in [0.5, 0.6) is 5.75 Å². The smallest absolute Gasteiger partial charge is 0.267 e. The van der Waals surface area contributed by atoms with Gasteiger partial charge in [0.15, 0.2) is 0 Å². The number of benzene rings is 2. The van der Waals surface area contributed by atoms with Crippen molar-refractivity contribution in [3.8, 4) is 17.0 Å². The minimum absolute atomic E-state index is 0.296. The zero-order valence-corrected chi connectivity index (χ0v) is 17.1. The normalized spacial score (nSPS) is 11.7. The van der Waals surface area contributed by atoms with E-state index in [-0.39, 0.29) is 11.5 Å². The largest absolute Gasteiger partial charge is 0.494 e. The molecule has 6 nitrogen and oxygen atoms in total. The number of anilines is 1. The number of nitrogens with one attached hydrogen (secondary N) is 1. The fourth-order valence-electron chi connectivity index (χ4n) is 3.05. The summed E-state index contributed by atoms with van der Waals surface area (Å²) in [5, 5.41) is 7.31. The van der Waals surface area contributed by atoms with E-state index in [4.69, 9.17) is 4.74 Å². The van der Waals surface area contributed by atoms with Gasteiger partial charge in [0.1, 0.15) is 11.8 Å². The molecule has 0 spiro atoms. The van der Waals surface area contributed by atoms with Crippen LogP contribution < -0.4 is 15.6 Å². The molecule has 2 aromatic carbocycles. The standard InChI is InChI=1S/C23H25N3O3/c1-5-29-19-9-7-18(8-10-19)21-12-13-22(27)26(25-21)17(4)23(28)24-20-11-6-15(2)14-16(20)3/h6-14,17H,5H2,1-4H3,(H,24,28). The van der Waals surface area contributed by atoms with Crippen LogP contribution in [0, 0.1) is 13.8 Å². The minimum Gasteiger partial charge on any atom is -0.494 e. The molecule has 3 rings (SSSR count). The molecule has 0 aliphatic rings. The minimum atomic E-state index is -0.758. The number of aromatic nitrogens is 2. The first kappa shape index (κ1) is 20.3. The number of hydrogen-bond acceptors (Lipinski definition) is 4. The van der Waals surface area contributed by atoms with Crippen LogP contribution in [0.2, 0.25) is 0 Å². The first-order valence-electron chi connectivity index (χ1n) is 9.60.